The van der Waals surface area contributed by atoms with E-state index in [0.717, 1.165) is 0 Å². The molecule has 0 N–H and O–H groups in total. The molecule has 0 amide bonds. The number of hydrogen-bond donors (Lipinski definition) is 0. The van der Waals surface area contributed by atoms with Gasteiger partial charge in [0.2, 0.25) is 0 Å². The molecular formula is C15H32O4Sn. The van der Waals surface area contributed by atoms with Crippen molar-refractivity contribution in [2.45, 2.75) is 83.1 Å². The maximum atomic E-state index is 6.47. The average molecular weight is 395 g/mol. The van der Waals surface area contributed by atoms with Gasteiger partial charge >= 0.3 is 130 Å². The van der Waals surface area contributed by atoms with Gasteiger partial charge in [0.1, 0.15) is 0 Å². The van der Waals surface area contributed by atoms with E-state index < -0.39 is 19.6 Å². The summed E-state index contributed by atoms with van der Waals surface area (Å²) in [4.78, 5) is 0. The number of hydrogen-bond acceptors (Lipinski definition) is 4. The van der Waals surface area contributed by atoms with Crippen molar-refractivity contribution in [1.29, 1.82) is 0 Å². The first kappa shape index (κ1) is 18.7. The summed E-state index contributed by atoms with van der Waals surface area (Å²) in [5, 5.41) is 0. The molecule has 0 atom stereocenters. The molecule has 20 heavy (non-hydrogen) atoms. The normalized spacial score (nSPS) is 19.1. The molecule has 0 aromatic rings. The van der Waals surface area contributed by atoms with E-state index in [1.54, 1.807) is 0 Å². The van der Waals surface area contributed by atoms with Crippen LogP contribution in [0.1, 0.15) is 62.3 Å². The second-order valence-electron chi connectivity index (χ2n) is 8.48. The summed E-state index contributed by atoms with van der Waals surface area (Å²) in [6.45, 7) is 20.0. The van der Waals surface area contributed by atoms with Crippen LogP contribution in [0.25, 0.3) is 0 Å². The standard InChI is InChI=1S/3C4H9O.C3H5O.Sn/c3*1-4(2,3)5;1-2-4-3-1;/h3*1-3H3;1H,2-3H2;/q3*-1;;+3. The third-order valence-corrected chi connectivity index (χ3v) is 14.0. The van der Waals surface area contributed by atoms with Crippen LogP contribution in [0.4, 0.5) is 0 Å². The molecule has 0 unspecified atom stereocenters. The van der Waals surface area contributed by atoms with Crippen LogP contribution in [0, 0.1) is 0 Å². The zero-order chi connectivity index (χ0) is 15.8. The average Bonchev–Trinajstić information content (AvgIpc) is 1.84. The van der Waals surface area contributed by atoms with Gasteiger partial charge in [-0.25, -0.2) is 0 Å². The van der Waals surface area contributed by atoms with Crippen LogP contribution in [0.15, 0.2) is 0 Å². The summed E-state index contributed by atoms with van der Waals surface area (Å²) in [5.41, 5.74) is -0.827. The van der Waals surface area contributed by atoms with Crippen LogP contribution in [-0.4, -0.2) is 49.6 Å². The Hall–Kier alpha value is 0.639. The Morgan fingerprint density at radius 2 is 1.00 bits per heavy atom. The minimum atomic E-state index is -3.75. The van der Waals surface area contributed by atoms with E-state index in [4.69, 9.17) is 14.0 Å². The van der Waals surface area contributed by atoms with Crippen LogP contribution < -0.4 is 0 Å². The Morgan fingerprint density at radius 1 is 0.700 bits per heavy atom. The SMILES string of the molecule is CC(C)(C)[O][Sn]([O]C(C)(C)C)([O]C(C)(C)C)[CH]1COC1. The predicted octanol–water partition coefficient (Wildman–Crippen LogP) is 3.77. The quantitative estimate of drug-likeness (QED) is 0.680. The molecule has 0 spiro atoms. The van der Waals surface area contributed by atoms with Crippen molar-refractivity contribution in [2.24, 2.45) is 0 Å². The monoisotopic (exact) mass is 396 g/mol. The third-order valence-electron chi connectivity index (χ3n) is 2.48. The molecule has 0 radical (unpaired) electrons. The third kappa shape index (κ3) is 6.18. The van der Waals surface area contributed by atoms with Gasteiger partial charge < -0.3 is 0 Å². The molecule has 1 heterocycles. The Morgan fingerprint density at radius 3 is 1.15 bits per heavy atom. The van der Waals surface area contributed by atoms with Crippen molar-refractivity contribution >= 4 is 19.6 Å². The Bertz CT molecular complexity index is 277. The van der Waals surface area contributed by atoms with Gasteiger partial charge in [0.15, 0.2) is 0 Å². The first-order valence-corrected chi connectivity index (χ1v) is 12.6. The second-order valence-corrected chi connectivity index (χ2v) is 16.0. The molecule has 120 valence electrons. The van der Waals surface area contributed by atoms with E-state index >= 15 is 0 Å². The van der Waals surface area contributed by atoms with Crippen molar-refractivity contribution < 1.29 is 14.0 Å². The topological polar surface area (TPSA) is 36.9 Å². The Balaban J connectivity index is 3.09. The molecule has 1 aliphatic heterocycles. The van der Waals surface area contributed by atoms with Crippen LogP contribution >= 0.6 is 0 Å². The Kier molecular flexibility index (Phi) is 5.63. The van der Waals surface area contributed by atoms with Crippen LogP contribution in [0.2, 0.25) is 3.93 Å². The van der Waals surface area contributed by atoms with E-state index in [1.165, 1.54) is 0 Å². The van der Waals surface area contributed by atoms with E-state index in [2.05, 4.69) is 62.3 Å². The molecule has 1 saturated heterocycles. The van der Waals surface area contributed by atoms with Crippen molar-refractivity contribution in [3.8, 4) is 0 Å². The van der Waals surface area contributed by atoms with E-state index in [1.807, 2.05) is 0 Å². The fraction of sp³-hybridized carbons (Fsp3) is 1.00. The first-order chi connectivity index (χ1) is 8.73. The van der Waals surface area contributed by atoms with Crippen LogP contribution in [-0.2, 0) is 14.0 Å². The molecule has 0 bridgehead atoms. The molecule has 0 aromatic carbocycles. The predicted molar refractivity (Wildman–Crippen MR) is 82.8 cm³/mol. The van der Waals surface area contributed by atoms with Gasteiger partial charge in [-0.05, 0) is 0 Å². The van der Waals surface area contributed by atoms with Gasteiger partial charge in [-0.15, -0.1) is 0 Å². The van der Waals surface area contributed by atoms with Crippen LogP contribution in [0.3, 0.4) is 0 Å². The summed E-state index contributed by atoms with van der Waals surface area (Å²) in [6, 6.07) is 0. The van der Waals surface area contributed by atoms with E-state index in [-0.39, 0.29) is 16.8 Å². The van der Waals surface area contributed by atoms with Gasteiger partial charge in [0, 0.05) is 0 Å². The molecule has 0 saturated carbocycles. The molecule has 1 fully saturated rings. The van der Waals surface area contributed by atoms with Crippen molar-refractivity contribution in [3.05, 3.63) is 0 Å². The summed E-state index contributed by atoms with van der Waals surface area (Å²) in [5.74, 6) is 0. The van der Waals surface area contributed by atoms with Gasteiger partial charge in [-0.3, -0.25) is 0 Å². The maximum absolute atomic E-state index is 6.47. The van der Waals surface area contributed by atoms with Crippen molar-refractivity contribution in [1.82, 2.24) is 0 Å². The van der Waals surface area contributed by atoms with Gasteiger partial charge in [0.05, 0.1) is 0 Å². The number of rotatable bonds is 4. The molecular weight excluding hydrogens is 363 g/mol. The van der Waals surface area contributed by atoms with E-state index in [9.17, 15) is 0 Å². The van der Waals surface area contributed by atoms with Crippen molar-refractivity contribution in [3.63, 3.8) is 0 Å². The minimum absolute atomic E-state index is 0.276. The molecule has 1 rings (SSSR count). The summed E-state index contributed by atoms with van der Waals surface area (Å²) < 4.78 is 25.1. The Labute approximate surface area is 130 Å². The molecule has 0 aliphatic carbocycles. The fourth-order valence-corrected chi connectivity index (χ4v) is 13.0. The first-order valence-electron chi connectivity index (χ1n) is 7.41. The molecule has 0 aromatic heterocycles. The van der Waals surface area contributed by atoms with Gasteiger partial charge in [0.25, 0.3) is 0 Å². The molecule has 4 nitrogen and oxygen atoms in total. The summed E-state index contributed by atoms with van der Waals surface area (Å²) in [7, 11) is 0. The zero-order valence-corrected chi connectivity index (χ0v) is 17.5. The fourth-order valence-electron chi connectivity index (χ4n) is 2.03. The van der Waals surface area contributed by atoms with Crippen LogP contribution in [0.5, 0.6) is 0 Å². The zero-order valence-electron chi connectivity index (χ0n) is 14.6. The number of ether oxygens (including phenoxy) is 1. The molecule has 5 heteroatoms. The molecule has 1 aliphatic rings. The van der Waals surface area contributed by atoms with E-state index in [0.29, 0.717) is 17.1 Å². The van der Waals surface area contributed by atoms with Gasteiger partial charge in [-0.1, -0.05) is 0 Å². The second kappa shape index (κ2) is 6.03. The summed E-state index contributed by atoms with van der Waals surface area (Å²) in [6.07, 6.45) is 0. The van der Waals surface area contributed by atoms with Gasteiger partial charge in [-0.2, -0.15) is 0 Å². The summed E-state index contributed by atoms with van der Waals surface area (Å²) >= 11 is -3.75. The van der Waals surface area contributed by atoms with Crippen molar-refractivity contribution in [2.75, 3.05) is 13.2 Å².